The molecule has 0 saturated carbocycles. The largest absolute Gasteiger partial charge is 0.409 e. The van der Waals surface area contributed by atoms with Gasteiger partial charge in [0.2, 0.25) is 0 Å². The van der Waals surface area contributed by atoms with Gasteiger partial charge in [0.1, 0.15) is 0 Å². The molecule has 0 aliphatic carbocycles. The SMILES string of the molecule is CC1SCCN(c2ccc(/C(N)=N/O)c(Br)c2)C1C. The average molecular weight is 344 g/mol. The Morgan fingerprint density at radius 1 is 1.53 bits per heavy atom. The van der Waals surface area contributed by atoms with Gasteiger partial charge < -0.3 is 15.8 Å². The summed E-state index contributed by atoms with van der Waals surface area (Å²) in [5.74, 6) is 1.26. The number of nitrogens with two attached hydrogens (primary N) is 1. The van der Waals surface area contributed by atoms with Gasteiger partial charge in [0, 0.05) is 39.3 Å². The van der Waals surface area contributed by atoms with Gasteiger partial charge >= 0.3 is 0 Å². The molecule has 104 valence electrons. The summed E-state index contributed by atoms with van der Waals surface area (Å²) in [6.45, 7) is 5.56. The number of halogens is 1. The zero-order valence-corrected chi connectivity index (χ0v) is 13.4. The first-order valence-electron chi connectivity index (χ1n) is 6.20. The minimum absolute atomic E-state index is 0.119. The third kappa shape index (κ3) is 3.00. The summed E-state index contributed by atoms with van der Waals surface area (Å²) >= 11 is 5.50. The van der Waals surface area contributed by atoms with Crippen LogP contribution < -0.4 is 10.6 Å². The van der Waals surface area contributed by atoms with Crippen LogP contribution in [-0.2, 0) is 0 Å². The predicted molar refractivity (Wildman–Crippen MR) is 85.4 cm³/mol. The molecule has 0 bridgehead atoms. The lowest BCUT2D eigenvalue weighted by Gasteiger charge is -2.39. The Morgan fingerprint density at radius 2 is 2.26 bits per heavy atom. The topological polar surface area (TPSA) is 61.8 Å². The molecule has 1 aliphatic heterocycles. The Kier molecular flexibility index (Phi) is 4.62. The van der Waals surface area contributed by atoms with E-state index >= 15 is 0 Å². The third-order valence-corrected chi connectivity index (χ3v) is 5.55. The third-order valence-electron chi connectivity index (χ3n) is 3.55. The second kappa shape index (κ2) is 6.05. The Bertz CT molecular complexity index is 495. The first-order chi connectivity index (χ1) is 9.04. The lowest BCUT2D eigenvalue weighted by Crippen LogP contribution is -2.44. The van der Waals surface area contributed by atoms with Gasteiger partial charge in [-0.2, -0.15) is 11.8 Å². The summed E-state index contributed by atoms with van der Waals surface area (Å²) in [5, 5.41) is 12.4. The van der Waals surface area contributed by atoms with Crippen molar-refractivity contribution in [3.8, 4) is 0 Å². The maximum atomic E-state index is 8.74. The van der Waals surface area contributed by atoms with Crippen LogP contribution in [0.1, 0.15) is 19.4 Å². The molecule has 1 fully saturated rings. The standard InChI is InChI=1S/C13H18BrN3OS/c1-8-9(2)19-6-5-17(8)10-3-4-11(12(14)7-10)13(15)16-18/h3-4,7-9,18H,5-6H2,1-2H3,(H2,15,16). The molecule has 2 atom stereocenters. The van der Waals surface area contributed by atoms with Gasteiger partial charge in [0.25, 0.3) is 0 Å². The van der Waals surface area contributed by atoms with Crippen molar-refractivity contribution >= 4 is 39.2 Å². The van der Waals surface area contributed by atoms with Crippen LogP contribution >= 0.6 is 27.7 Å². The van der Waals surface area contributed by atoms with E-state index in [1.54, 1.807) is 0 Å². The van der Waals surface area contributed by atoms with Crippen molar-refractivity contribution in [3.05, 3.63) is 28.2 Å². The Hall–Kier alpha value is -0.880. The molecule has 19 heavy (non-hydrogen) atoms. The summed E-state index contributed by atoms with van der Waals surface area (Å²) in [6, 6.07) is 6.44. The smallest absolute Gasteiger partial charge is 0.171 e. The summed E-state index contributed by atoms with van der Waals surface area (Å²) in [4.78, 5) is 2.40. The minimum Gasteiger partial charge on any atom is -0.409 e. The summed E-state index contributed by atoms with van der Waals surface area (Å²) in [6.07, 6.45) is 0. The van der Waals surface area contributed by atoms with E-state index in [9.17, 15) is 0 Å². The first-order valence-corrected chi connectivity index (χ1v) is 8.04. The number of benzene rings is 1. The van der Waals surface area contributed by atoms with E-state index in [-0.39, 0.29) is 5.84 Å². The Morgan fingerprint density at radius 3 is 2.89 bits per heavy atom. The normalized spacial score (nSPS) is 24.6. The molecule has 0 aromatic heterocycles. The second-order valence-corrected chi connectivity index (χ2v) is 7.00. The highest BCUT2D eigenvalue weighted by atomic mass is 79.9. The molecule has 4 nitrogen and oxygen atoms in total. The van der Waals surface area contributed by atoms with E-state index in [4.69, 9.17) is 10.9 Å². The number of hydrogen-bond acceptors (Lipinski definition) is 4. The molecular weight excluding hydrogens is 326 g/mol. The van der Waals surface area contributed by atoms with Crippen LogP contribution in [-0.4, -0.2) is 34.6 Å². The molecule has 0 amide bonds. The number of amidine groups is 1. The van der Waals surface area contributed by atoms with Crippen molar-refractivity contribution in [1.82, 2.24) is 0 Å². The quantitative estimate of drug-likeness (QED) is 0.375. The van der Waals surface area contributed by atoms with Gasteiger partial charge in [-0.05, 0) is 41.1 Å². The number of thioether (sulfide) groups is 1. The number of nitrogens with zero attached hydrogens (tertiary/aromatic N) is 2. The monoisotopic (exact) mass is 343 g/mol. The predicted octanol–water partition coefficient (Wildman–Crippen LogP) is 2.87. The molecular formula is C13H18BrN3OS. The fourth-order valence-corrected chi connectivity index (χ4v) is 3.91. The molecule has 1 aliphatic rings. The maximum Gasteiger partial charge on any atom is 0.171 e. The Balaban J connectivity index is 2.29. The van der Waals surface area contributed by atoms with Gasteiger partial charge in [-0.1, -0.05) is 12.1 Å². The molecule has 2 unspecified atom stereocenters. The maximum absolute atomic E-state index is 8.74. The van der Waals surface area contributed by atoms with E-state index < -0.39 is 0 Å². The molecule has 1 saturated heterocycles. The number of hydrogen-bond donors (Lipinski definition) is 2. The minimum atomic E-state index is 0.119. The van der Waals surface area contributed by atoms with E-state index in [0.29, 0.717) is 16.9 Å². The first kappa shape index (κ1) is 14.5. The average Bonchev–Trinajstić information content (AvgIpc) is 2.41. The lowest BCUT2D eigenvalue weighted by molar-refractivity contribution is 0.318. The van der Waals surface area contributed by atoms with E-state index in [2.05, 4.69) is 39.8 Å². The van der Waals surface area contributed by atoms with Crippen LogP contribution in [0.2, 0.25) is 0 Å². The molecule has 1 heterocycles. The molecule has 3 N–H and O–H groups in total. The highest BCUT2D eigenvalue weighted by molar-refractivity contribution is 9.10. The number of anilines is 1. The van der Waals surface area contributed by atoms with E-state index in [1.165, 1.54) is 5.69 Å². The van der Waals surface area contributed by atoms with E-state index in [0.717, 1.165) is 16.8 Å². The van der Waals surface area contributed by atoms with Crippen LogP contribution in [0.25, 0.3) is 0 Å². The fourth-order valence-electron chi connectivity index (χ4n) is 2.24. The number of oxime groups is 1. The van der Waals surface area contributed by atoms with Crippen LogP contribution in [0.3, 0.4) is 0 Å². The van der Waals surface area contributed by atoms with E-state index in [1.807, 2.05) is 30.0 Å². The van der Waals surface area contributed by atoms with Gasteiger partial charge in [0.15, 0.2) is 5.84 Å². The molecule has 2 rings (SSSR count). The van der Waals surface area contributed by atoms with Gasteiger partial charge in [-0.3, -0.25) is 0 Å². The van der Waals surface area contributed by atoms with Crippen molar-refractivity contribution in [3.63, 3.8) is 0 Å². The molecule has 1 aromatic carbocycles. The molecule has 1 aromatic rings. The zero-order chi connectivity index (χ0) is 14.0. The molecule has 0 radical (unpaired) electrons. The summed E-state index contributed by atoms with van der Waals surface area (Å²) in [7, 11) is 0. The van der Waals surface area contributed by atoms with Crippen molar-refractivity contribution in [2.45, 2.75) is 25.1 Å². The van der Waals surface area contributed by atoms with Crippen molar-refractivity contribution in [1.29, 1.82) is 0 Å². The lowest BCUT2D eigenvalue weighted by atomic mass is 10.1. The highest BCUT2D eigenvalue weighted by Gasteiger charge is 2.25. The fraction of sp³-hybridized carbons (Fsp3) is 0.462. The molecule has 0 spiro atoms. The number of rotatable bonds is 2. The van der Waals surface area contributed by atoms with Crippen LogP contribution in [0.4, 0.5) is 5.69 Å². The Labute approximate surface area is 126 Å². The molecule has 6 heteroatoms. The van der Waals surface area contributed by atoms with Gasteiger partial charge in [0.05, 0.1) is 0 Å². The van der Waals surface area contributed by atoms with Crippen LogP contribution in [0, 0.1) is 0 Å². The highest BCUT2D eigenvalue weighted by Crippen LogP contribution is 2.31. The zero-order valence-electron chi connectivity index (χ0n) is 11.0. The second-order valence-electron chi connectivity index (χ2n) is 4.66. The van der Waals surface area contributed by atoms with Crippen LogP contribution in [0.5, 0.6) is 0 Å². The van der Waals surface area contributed by atoms with Gasteiger partial charge in [-0.25, -0.2) is 0 Å². The van der Waals surface area contributed by atoms with Crippen molar-refractivity contribution in [2.24, 2.45) is 10.9 Å². The summed E-state index contributed by atoms with van der Waals surface area (Å²) < 4.78 is 0.846. The van der Waals surface area contributed by atoms with Crippen molar-refractivity contribution < 1.29 is 5.21 Å². The van der Waals surface area contributed by atoms with Crippen LogP contribution in [0.15, 0.2) is 27.8 Å². The van der Waals surface area contributed by atoms with Gasteiger partial charge in [-0.15, -0.1) is 0 Å². The van der Waals surface area contributed by atoms with Crippen molar-refractivity contribution in [2.75, 3.05) is 17.2 Å². The summed E-state index contributed by atoms with van der Waals surface area (Å²) in [5.41, 5.74) is 7.50.